The zero-order valence-corrected chi connectivity index (χ0v) is 13.1. The molecular formula is C15H23BrN2O. The van der Waals surface area contributed by atoms with Gasteiger partial charge in [0.05, 0.1) is 0 Å². The van der Waals surface area contributed by atoms with Gasteiger partial charge in [-0.05, 0) is 57.0 Å². The second-order valence-corrected chi connectivity index (χ2v) is 6.27. The van der Waals surface area contributed by atoms with Crippen molar-refractivity contribution in [2.45, 2.75) is 37.8 Å². The molecular weight excluding hydrogens is 304 g/mol. The third-order valence-corrected chi connectivity index (χ3v) is 4.42. The molecule has 2 N–H and O–H groups in total. The standard InChI is InChI=1S/C15H23BrN2O/c1-18(14-6-4-13(17)5-7-14)10-11-19-15-8-2-12(16)3-9-15/h2-3,8-9,13-14H,4-7,10-11,17H2,1H3. The van der Waals surface area contributed by atoms with Crippen molar-refractivity contribution in [2.75, 3.05) is 20.2 Å². The maximum atomic E-state index is 5.94. The molecule has 0 heterocycles. The Bertz CT molecular complexity index is 374. The number of nitrogens with two attached hydrogens (primary N) is 1. The quantitative estimate of drug-likeness (QED) is 0.903. The van der Waals surface area contributed by atoms with E-state index in [1.54, 1.807) is 0 Å². The van der Waals surface area contributed by atoms with Crippen LogP contribution < -0.4 is 10.5 Å². The Labute approximate surface area is 124 Å². The molecule has 0 bridgehead atoms. The Morgan fingerprint density at radius 3 is 2.47 bits per heavy atom. The predicted octanol–water partition coefficient (Wildman–Crippen LogP) is 3.03. The Balaban J connectivity index is 1.69. The maximum absolute atomic E-state index is 5.94. The zero-order chi connectivity index (χ0) is 13.7. The monoisotopic (exact) mass is 326 g/mol. The van der Waals surface area contributed by atoms with Crippen molar-refractivity contribution in [1.29, 1.82) is 0 Å². The summed E-state index contributed by atoms with van der Waals surface area (Å²) in [6.45, 7) is 1.71. The lowest BCUT2D eigenvalue weighted by atomic mass is 9.91. The molecule has 1 fully saturated rings. The van der Waals surface area contributed by atoms with Gasteiger partial charge in [-0.3, -0.25) is 0 Å². The highest BCUT2D eigenvalue weighted by Gasteiger charge is 2.21. The molecule has 4 heteroatoms. The third-order valence-electron chi connectivity index (χ3n) is 3.89. The molecule has 2 rings (SSSR count). The summed E-state index contributed by atoms with van der Waals surface area (Å²) in [5.41, 5.74) is 5.94. The molecule has 0 unspecified atom stereocenters. The van der Waals surface area contributed by atoms with E-state index >= 15 is 0 Å². The fraction of sp³-hybridized carbons (Fsp3) is 0.600. The summed E-state index contributed by atoms with van der Waals surface area (Å²) in [5, 5.41) is 0. The average Bonchev–Trinajstić information content (AvgIpc) is 2.41. The summed E-state index contributed by atoms with van der Waals surface area (Å²) < 4.78 is 6.84. The van der Waals surface area contributed by atoms with Gasteiger partial charge in [0.1, 0.15) is 12.4 Å². The lowest BCUT2D eigenvalue weighted by Crippen LogP contribution is -2.40. The topological polar surface area (TPSA) is 38.5 Å². The van der Waals surface area contributed by atoms with E-state index in [1.165, 1.54) is 12.8 Å². The molecule has 0 amide bonds. The largest absolute Gasteiger partial charge is 0.492 e. The zero-order valence-electron chi connectivity index (χ0n) is 11.5. The smallest absolute Gasteiger partial charge is 0.119 e. The van der Waals surface area contributed by atoms with Crippen molar-refractivity contribution in [3.8, 4) is 5.75 Å². The van der Waals surface area contributed by atoms with Crippen LogP contribution in [0.4, 0.5) is 0 Å². The van der Waals surface area contributed by atoms with E-state index in [-0.39, 0.29) is 0 Å². The van der Waals surface area contributed by atoms with E-state index in [9.17, 15) is 0 Å². The van der Waals surface area contributed by atoms with Crippen molar-refractivity contribution in [3.63, 3.8) is 0 Å². The number of likely N-dealkylation sites (N-methyl/N-ethyl adjacent to an activating group) is 1. The predicted molar refractivity (Wildman–Crippen MR) is 82.5 cm³/mol. The van der Waals surface area contributed by atoms with Gasteiger partial charge in [-0.25, -0.2) is 0 Å². The van der Waals surface area contributed by atoms with E-state index in [2.05, 4.69) is 27.9 Å². The fourth-order valence-corrected chi connectivity index (χ4v) is 2.83. The van der Waals surface area contributed by atoms with Gasteiger partial charge in [-0.15, -0.1) is 0 Å². The second kappa shape index (κ2) is 7.27. The first-order chi connectivity index (χ1) is 9.15. The van der Waals surface area contributed by atoms with Crippen LogP contribution >= 0.6 is 15.9 Å². The molecule has 1 aliphatic carbocycles. The van der Waals surface area contributed by atoms with Crippen LogP contribution in [0.5, 0.6) is 5.75 Å². The van der Waals surface area contributed by atoms with Gasteiger partial charge in [-0.2, -0.15) is 0 Å². The SMILES string of the molecule is CN(CCOc1ccc(Br)cc1)C1CCC(N)CC1. The van der Waals surface area contributed by atoms with Crippen LogP contribution in [0.3, 0.4) is 0 Å². The molecule has 1 saturated carbocycles. The Morgan fingerprint density at radius 1 is 1.21 bits per heavy atom. The lowest BCUT2D eigenvalue weighted by Gasteiger charge is -2.33. The van der Waals surface area contributed by atoms with Crippen LogP contribution in [-0.4, -0.2) is 37.2 Å². The van der Waals surface area contributed by atoms with E-state index in [1.807, 2.05) is 24.3 Å². The van der Waals surface area contributed by atoms with Gasteiger partial charge >= 0.3 is 0 Å². The van der Waals surface area contributed by atoms with Crippen molar-refractivity contribution >= 4 is 15.9 Å². The molecule has 0 radical (unpaired) electrons. The van der Waals surface area contributed by atoms with Crippen LogP contribution in [0, 0.1) is 0 Å². The van der Waals surface area contributed by atoms with E-state index < -0.39 is 0 Å². The molecule has 19 heavy (non-hydrogen) atoms. The van der Waals surface area contributed by atoms with Crippen LogP contribution in [0.15, 0.2) is 28.7 Å². The minimum Gasteiger partial charge on any atom is -0.492 e. The van der Waals surface area contributed by atoms with Gasteiger partial charge in [0, 0.05) is 23.1 Å². The van der Waals surface area contributed by atoms with Gasteiger partial charge < -0.3 is 15.4 Å². The summed E-state index contributed by atoms with van der Waals surface area (Å²) >= 11 is 3.42. The third kappa shape index (κ3) is 4.79. The Morgan fingerprint density at radius 2 is 1.84 bits per heavy atom. The van der Waals surface area contributed by atoms with Crippen LogP contribution in [0.1, 0.15) is 25.7 Å². The summed E-state index contributed by atoms with van der Waals surface area (Å²) in [6, 6.07) is 9.08. The summed E-state index contributed by atoms with van der Waals surface area (Å²) in [7, 11) is 2.19. The van der Waals surface area contributed by atoms with Crippen LogP contribution in [0.25, 0.3) is 0 Å². The summed E-state index contributed by atoms with van der Waals surface area (Å²) in [5.74, 6) is 0.933. The summed E-state index contributed by atoms with van der Waals surface area (Å²) in [6.07, 6.45) is 4.75. The average molecular weight is 327 g/mol. The first-order valence-corrected chi connectivity index (χ1v) is 7.78. The molecule has 1 aliphatic rings. The molecule has 0 spiro atoms. The highest BCUT2D eigenvalue weighted by Crippen LogP contribution is 2.21. The first-order valence-electron chi connectivity index (χ1n) is 6.99. The number of rotatable bonds is 5. The molecule has 1 aromatic carbocycles. The number of ether oxygens (including phenoxy) is 1. The molecule has 0 saturated heterocycles. The minimum atomic E-state index is 0.420. The highest BCUT2D eigenvalue weighted by atomic mass is 79.9. The normalized spacial score (nSPS) is 23.6. The van der Waals surface area contributed by atoms with Crippen molar-refractivity contribution < 1.29 is 4.74 Å². The second-order valence-electron chi connectivity index (χ2n) is 5.35. The highest BCUT2D eigenvalue weighted by molar-refractivity contribution is 9.10. The number of hydrogen-bond donors (Lipinski definition) is 1. The van der Waals surface area contributed by atoms with Crippen LogP contribution in [0.2, 0.25) is 0 Å². The molecule has 0 aliphatic heterocycles. The Kier molecular flexibility index (Phi) is 5.67. The van der Waals surface area contributed by atoms with Gasteiger partial charge in [-0.1, -0.05) is 15.9 Å². The molecule has 1 aromatic rings. The molecule has 0 atom stereocenters. The number of nitrogens with zero attached hydrogens (tertiary/aromatic N) is 1. The van der Waals surface area contributed by atoms with E-state index in [4.69, 9.17) is 10.5 Å². The van der Waals surface area contributed by atoms with Crippen molar-refractivity contribution in [3.05, 3.63) is 28.7 Å². The van der Waals surface area contributed by atoms with Gasteiger partial charge in [0.15, 0.2) is 0 Å². The van der Waals surface area contributed by atoms with Gasteiger partial charge in [0.2, 0.25) is 0 Å². The van der Waals surface area contributed by atoms with E-state index in [0.717, 1.165) is 36.2 Å². The Hall–Kier alpha value is -0.580. The van der Waals surface area contributed by atoms with E-state index in [0.29, 0.717) is 12.1 Å². The van der Waals surface area contributed by atoms with Crippen molar-refractivity contribution in [2.24, 2.45) is 5.73 Å². The number of benzene rings is 1. The maximum Gasteiger partial charge on any atom is 0.119 e. The number of hydrogen-bond acceptors (Lipinski definition) is 3. The molecule has 0 aromatic heterocycles. The molecule has 3 nitrogen and oxygen atoms in total. The van der Waals surface area contributed by atoms with Crippen LogP contribution in [-0.2, 0) is 0 Å². The molecule has 106 valence electrons. The van der Waals surface area contributed by atoms with Crippen molar-refractivity contribution in [1.82, 2.24) is 4.90 Å². The number of halogens is 1. The first kappa shape index (κ1) is 14.8. The lowest BCUT2D eigenvalue weighted by molar-refractivity contribution is 0.154. The summed E-state index contributed by atoms with van der Waals surface area (Å²) in [4.78, 5) is 2.41. The fourth-order valence-electron chi connectivity index (χ4n) is 2.56. The minimum absolute atomic E-state index is 0.420. The van der Waals surface area contributed by atoms with Gasteiger partial charge in [0.25, 0.3) is 0 Å².